The lowest BCUT2D eigenvalue weighted by atomic mass is 10.0. The van der Waals surface area contributed by atoms with Gasteiger partial charge in [0.2, 0.25) is 0 Å². The Bertz CT molecular complexity index is 1060. The fraction of sp³-hybridized carbons (Fsp3) is 0.238. The van der Waals surface area contributed by atoms with Crippen LogP contribution in [0.3, 0.4) is 0 Å². The molecule has 144 valence electrons. The Kier molecular flexibility index (Phi) is 12.6. The summed E-state index contributed by atoms with van der Waals surface area (Å²) in [5.74, 6) is 27.9. The third-order valence-corrected chi connectivity index (χ3v) is 2.58. The Morgan fingerprint density at radius 3 is 1.45 bits per heavy atom. The number of carboxylic acids is 1. The van der Waals surface area contributed by atoms with Gasteiger partial charge in [-0.05, 0) is 42.4 Å². The number of carbonyl (C=O) groups is 2. The van der Waals surface area contributed by atoms with Crippen LogP contribution in [0.25, 0.3) is 0 Å². The molecule has 0 rings (SSSR count). The maximum atomic E-state index is 11.5. The first-order valence-corrected chi connectivity index (χ1v) is 7.49. The van der Waals surface area contributed by atoms with Crippen LogP contribution in [0.5, 0.6) is 0 Å². The largest absolute Gasteiger partial charge is 0.479 e. The average molecular weight is 391 g/mol. The molecule has 0 saturated heterocycles. The van der Waals surface area contributed by atoms with E-state index in [1.54, 1.807) is 6.92 Å². The summed E-state index contributed by atoms with van der Waals surface area (Å²) >= 11 is 0. The monoisotopic (exact) mass is 391 g/mol. The smallest absolute Gasteiger partial charge is 0.335 e. The van der Waals surface area contributed by atoms with Gasteiger partial charge in [-0.3, -0.25) is 10.1 Å². The number of aliphatic hydroxyl groups is 4. The van der Waals surface area contributed by atoms with Crippen molar-refractivity contribution in [2.24, 2.45) is 0 Å². The van der Waals surface area contributed by atoms with Gasteiger partial charge in [0.15, 0.2) is 12.2 Å². The molecule has 0 aromatic heterocycles. The van der Waals surface area contributed by atoms with Crippen LogP contribution in [-0.2, 0) is 9.59 Å². The Labute approximate surface area is 167 Å². The second-order valence-electron chi connectivity index (χ2n) is 4.57. The van der Waals surface area contributed by atoms with Gasteiger partial charge >= 0.3 is 5.97 Å². The predicted molar refractivity (Wildman–Crippen MR) is 99.9 cm³/mol. The quantitative estimate of drug-likeness (QED) is 0.212. The maximum Gasteiger partial charge on any atom is 0.335 e. The van der Waals surface area contributed by atoms with Gasteiger partial charge in [0.05, 0.1) is 0 Å². The summed E-state index contributed by atoms with van der Waals surface area (Å²) in [4.78, 5) is 22.0. The number of carboxylic acid groups (broad SMARTS) is 1. The Hall–Kier alpha value is -4.30. The van der Waals surface area contributed by atoms with Gasteiger partial charge in [0.25, 0.3) is 5.91 Å². The average Bonchev–Trinajstić information content (AvgIpc) is 2.71. The first-order valence-electron chi connectivity index (χ1n) is 7.49. The highest BCUT2D eigenvalue weighted by atomic mass is 16.4. The zero-order valence-electron chi connectivity index (χ0n) is 14.9. The van der Waals surface area contributed by atoms with Crippen molar-refractivity contribution in [1.82, 2.24) is 5.32 Å². The molecular formula is C21H13NO7. The lowest BCUT2D eigenvalue weighted by Gasteiger charge is -2.23. The number of hydrogen-bond donors (Lipinski definition) is 6. The van der Waals surface area contributed by atoms with E-state index in [0.29, 0.717) is 0 Å². The predicted octanol–water partition coefficient (Wildman–Crippen LogP) is -3.37. The third-order valence-electron chi connectivity index (χ3n) is 2.58. The molecule has 6 N–H and O–H groups in total. The molecule has 4 atom stereocenters. The van der Waals surface area contributed by atoms with Crippen molar-refractivity contribution in [3.05, 3.63) is 0 Å². The number of hydrogen-bond acceptors (Lipinski definition) is 6. The van der Waals surface area contributed by atoms with Gasteiger partial charge in [-0.2, -0.15) is 0 Å². The van der Waals surface area contributed by atoms with Gasteiger partial charge in [0.1, 0.15) is 12.2 Å². The SMILES string of the molecule is CC#CC#CC#CC#CC#CC#CC#CNC(=O)[C@@H](O)[C@H](O)[C@@H](O)[C@@H](O)C(=O)O. The molecule has 0 spiro atoms. The van der Waals surface area contributed by atoms with Crippen molar-refractivity contribution in [1.29, 1.82) is 0 Å². The van der Waals surface area contributed by atoms with E-state index in [-0.39, 0.29) is 0 Å². The first-order chi connectivity index (χ1) is 13.8. The summed E-state index contributed by atoms with van der Waals surface area (Å²) in [6.07, 6.45) is -9.18. The minimum Gasteiger partial charge on any atom is -0.479 e. The van der Waals surface area contributed by atoms with Crippen LogP contribution in [0.2, 0.25) is 0 Å². The Morgan fingerprint density at radius 1 is 0.655 bits per heavy atom. The summed E-state index contributed by atoms with van der Waals surface area (Å²) in [7, 11) is 0. The van der Waals surface area contributed by atoms with Gasteiger partial charge in [-0.25, -0.2) is 4.79 Å². The van der Waals surface area contributed by atoms with E-state index < -0.39 is 36.3 Å². The van der Waals surface area contributed by atoms with Crippen LogP contribution < -0.4 is 5.32 Å². The number of carbonyl (C=O) groups excluding carboxylic acids is 1. The maximum absolute atomic E-state index is 11.5. The number of amides is 1. The summed E-state index contributed by atoms with van der Waals surface area (Å²) in [6.45, 7) is 1.65. The van der Waals surface area contributed by atoms with E-state index in [0.717, 1.165) is 0 Å². The fourth-order valence-electron chi connectivity index (χ4n) is 1.25. The first kappa shape index (κ1) is 24.7. The molecule has 0 unspecified atom stereocenters. The molecule has 0 aliphatic heterocycles. The van der Waals surface area contributed by atoms with E-state index >= 15 is 0 Å². The lowest BCUT2D eigenvalue weighted by molar-refractivity contribution is -0.166. The van der Waals surface area contributed by atoms with E-state index in [9.17, 15) is 24.9 Å². The van der Waals surface area contributed by atoms with E-state index in [1.165, 1.54) is 0 Å². The number of nitrogens with one attached hydrogen (secondary N) is 1. The molecule has 0 bridgehead atoms. The van der Waals surface area contributed by atoms with Crippen molar-refractivity contribution >= 4 is 11.9 Å². The topological polar surface area (TPSA) is 147 Å². The van der Waals surface area contributed by atoms with E-state index in [1.807, 2.05) is 11.4 Å². The van der Waals surface area contributed by atoms with E-state index in [2.05, 4.69) is 77.0 Å². The van der Waals surface area contributed by atoms with Crippen LogP contribution in [-0.4, -0.2) is 61.8 Å². The molecular weight excluding hydrogens is 378 g/mol. The second kappa shape index (κ2) is 14.8. The van der Waals surface area contributed by atoms with Gasteiger partial charge in [-0.15, -0.1) is 0 Å². The molecule has 0 saturated carbocycles. The van der Waals surface area contributed by atoms with Crippen molar-refractivity contribution < 1.29 is 35.1 Å². The van der Waals surface area contributed by atoms with Crippen molar-refractivity contribution in [3.63, 3.8) is 0 Å². The standard InChI is InChI=1S/C21H13NO7/c1-2-3-4-5-6-7-8-9-10-11-12-13-14-15-22-20(27)18(25)16(23)17(24)19(26)21(28)29/h16-19,23-26H,1H3,(H,22,27)(H,28,29)/t16-,17-,18+,19-/m1/s1. The lowest BCUT2D eigenvalue weighted by Crippen LogP contribution is -2.52. The van der Waals surface area contributed by atoms with Crippen molar-refractivity contribution in [3.8, 4) is 83.0 Å². The zero-order valence-corrected chi connectivity index (χ0v) is 14.9. The second-order valence-corrected chi connectivity index (χ2v) is 4.57. The molecule has 8 nitrogen and oxygen atoms in total. The molecule has 0 heterocycles. The number of rotatable bonds is 5. The molecule has 0 aliphatic rings. The molecule has 0 aromatic rings. The summed E-state index contributed by atoms with van der Waals surface area (Å²) in [5, 5.41) is 47.7. The fourth-order valence-corrected chi connectivity index (χ4v) is 1.25. The van der Waals surface area contributed by atoms with Gasteiger partial charge in [0, 0.05) is 41.6 Å². The van der Waals surface area contributed by atoms with E-state index in [4.69, 9.17) is 10.2 Å². The Balaban J connectivity index is 4.60. The molecule has 0 aromatic carbocycles. The summed E-state index contributed by atoms with van der Waals surface area (Å²) < 4.78 is 0. The van der Waals surface area contributed by atoms with Crippen LogP contribution in [0.4, 0.5) is 0 Å². The third kappa shape index (κ3) is 11.1. The molecule has 29 heavy (non-hydrogen) atoms. The minimum atomic E-state index is -2.39. The minimum absolute atomic E-state index is 1.24. The zero-order chi connectivity index (χ0) is 22.1. The molecule has 0 radical (unpaired) electrons. The van der Waals surface area contributed by atoms with Crippen molar-refractivity contribution in [2.45, 2.75) is 31.3 Å². The van der Waals surface area contributed by atoms with Crippen LogP contribution >= 0.6 is 0 Å². The summed E-state index contributed by atoms with van der Waals surface area (Å²) in [5.41, 5.74) is 0. The van der Waals surface area contributed by atoms with Crippen molar-refractivity contribution in [2.75, 3.05) is 0 Å². The highest BCUT2D eigenvalue weighted by Gasteiger charge is 2.37. The molecule has 1 amide bonds. The van der Waals surface area contributed by atoms with Crippen LogP contribution in [0.15, 0.2) is 0 Å². The molecule has 0 aliphatic carbocycles. The van der Waals surface area contributed by atoms with Crippen LogP contribution in [0, 0.1) is 83.0 Å². The van der Waals surface area contributed by atoms with Crippen LogP contribution in [0.1, 0.15) is 6.92 Å². The normalized spacial score (nSPS) is 11.6. The highest BCUT2D eigenvalue weighted by Crippen LogP contribution is 2.05. The molecule has 8 heteroatoms. The highest BCUT2D eigenvalue weighted by molar-refractivity contribution is 5.83. The summed E-state index contributed by atoms with van der Waals surface area (Å²) in [6, 6.07) is 2.04. The van der Waals surface area contributed by atoms with Gasteiger partial charge < -0.3 is 25.5 Å². The number of aliphatic carboxylic acids is 1. The Morgan fingerprint density at radius 2 is 1.03 bits per heavy atom. The number of aliphatic hydroxyl groups excluding tert-OH is 4. The molecule has 0 fully saturated rings. The van der Waals surface area contributed by atoms with Gasteiger partial charge in [-0.1, -0.05) is 5.92 Å².